The number of guanidine groups is 1. The lowest BCUT2D eigenvalue weighted by Crippen LogP contribution is -2.57. The molecule has 0 amide bonds. The minimum atomic E-state index is -3.01. The lowest BCUT2D eigenvalue weighted by atomic mass is 10.2. The van der Waals surface area contributed by atoms with E-state index in [0.29, 0.717) is 19.1 Å². The molecular formula is C14H31IN4O2S. The Morgan fingerprint density at radius 2 is 2.00 bits per heavy atom. The molecule has 0 aromatic carbocycles. The highest BCUT2D eigenvalue weighted by Gasteiger charge is 2.40. The summed E-state index contributed by atoms with van der Waals surface area (Å²) in [4.78, 5) is 8.58. The molecule has 0 saturated carbocycles. The normalized spacial score (nSPS) is 20.9. The van der Waals surface area contributed by atoms with Crippen LogP contribution >= 0.6 is 24.0 Å². The zero-order chi connectivity index (χ0) is 16.3. The second-order valence-corrected chi connectivity index (χ2v) is 9.29. The fourth-order valence-electron chi connectivity index (χ4n) is 2.26. The van der Waals surface area contributed by atoms with Crippen molar-refractivity contribution >= 4 is 39.8 Å². The van der Waals surface area contributed by atoms with Crippen LogP contribution in [0.3, 0.4) is 0 Å². The number of halogens is 1. The van der Waals surface area contributed by atoms with Crippen LogP contribution in [0.2, 0.25) is 0 Å². The van der Waals surface area contributed by atoms with E-state index in [4.69, 9.17) is 0 Å². The quantitative estimate of drug-likeness (QED) is 0.397. The van der Waals surface area contributed by atoms with Gasteiger partial charge in [0.1, 0.15) is 0 Å². The summed E-state index contributed by atoms with van der Waals surface area (Å²) < 4.78 is 23.4. The van der Waals surface area contributed by atoms with Gasteiger partial charge in [0, 0.05) is 39.3 Å². The largest absolute Gasteiger partial charge is 0.355 e. The molecule has 8 heteroatoms. The van der Waals surface area contributed by atoms with Crippen LogP contribution in [0, 0.1) is 0 Å². The molecule has 0 unspecified atom stereocenters. The van der Waals surface area contributed by atoms with E-state index in [2.05, 4.69) is 36.1 Å². The van der Waals surface area contributed by atoms with E-state index < -0.39 is 14.6 Å². The first-order valence-electron chi connectivity index (χ1n) is 7.49. The zero-order valence-electron chi connectivity index (χ0n) is 14.6. The summed E-state index contributed by atoms with van der Waals surface area (Å²) in [5, 5.41) is 3.33. The molecule has 22 heavy (non-hydrogen) atoms. The molecule has 1 N–H and O–H groups in total. The Balaban J connectivity index is 0.00000441. The number of nitrogens with one attached hydrogen (secondary N) is 1. The summed E-state index contributed by atoms with van der Waals surface area (Å²) in [5.41, 5.74) is 0. The van der Waals surface area contributed by atoms with Crippen LogP contribution in [0.5, 0.6) is 0 Å². The van der Waals surface area contributed by atoms with Gasteiger partial charge in [-0.1, -0.05) is 0 Å². The van der Waals surface area contributed by atoms with Gasteiger partial charge in [-0.05, 0) is 34.7 Å². The zero-order valence-corrected chi connectivity index (χ0v) is 17.7. The topological polar surface area (TPSA) is 65.0 Å². The van der Waals surface area contributed by atoms with Gasteiger partial charge >= 0.3 is 0 Å². The van der Waals surface area contributed by atoms with Gasteiger partial charge in [0.15, 0.2) is 15.8 Å². The summed E-state index contributed by atoms with van der Waals surface area (Å²) in [7, 11) is 0.816. The van der Waals surface area contributed by atoms with E-state index in [1.165, 1.54) is 0 Å². The van der Waals surface area contributed by atoms with Crippen molar-refractivity contribution in [1.29, 1.82) is 0 Å². The average molecular weight is 446 g/mol. The number of hydrogen-bond acceptors (Lipinski definition) is 4. The monoisotopic (exact) mass is 446 g/mol. The number of aliphatic imine (C=N–C) groups is 1. The van der Waals surface area contributed by atoms with Gasteiger partial charge in [-0.3, -0.25) is 4.99 Å². The van der Waals surface area contributed by atoms with Crippen LogP contribution in [0.4, 0.5) is 0 Å². The molecule has 1 saturated heterocycles. The van der Waals surface area contributed by atoms with E-state index in [-0.39, 0.29) is 29.7 Å². The Morgan fingerprint density at radius 1 is 1.41 bits per heavy atom. The van der Waals surface area contributed by atoms with Gasteiger partial charge in [-0.25, -0.2) is 8.42 Å². The standard InChI is InChI=1S/C14H30N4O2S.HI/c1-12(2)17(6)8-7-16-13(15-5)18-9-10-21(19,20)14(3,4)11-18;/h12H,7-11H2,1-6H3,(H,15,16);1H. The molecule has 1 rings (SSSR count). The molecule has 0 aromatic heterocycles. The van der Waals surface area contributed by atoms with Crippen molar-refractivity contribution in [1.82, 2.24) is 15.1 Å². The van der Waals surface area contributed by atoms with Gasteiger partial charge in [-0.15, -0.1) is 24.0 Å². The van der Waals surface area contributed by atoms with Crippen molar-refractivity contribution in [2.45, 2.75) is 38.5 Å². The minimum Gasteiger partial charge on any atom is -0.355 e. The van der Waals surface area contributed by atoms with Crippen LogP contribution in [-0.2, 0) is 9.84 Å². The molecule has 6 nitrogen and oxygen atoms in total. The average Bonchev–Trinajstić information content (AvgIpc) is 2.38. The molecule has 0 atom stereocenters. The first-order valence-corrected chi connectivity index (χ1v) is 9.14. The summed E-state index contributed by atoms with van der Waals surface area (Å²) in [5.74, 6) is 0.974. The second-order valence-electron chi connectivity index (χ2n) is 6.55. The molecule has 0 radical (unpaired) electrons. The Labute approximate surface area is 152 Å². The maximum absolute atomic E-state index is 12.0. The molecule has 1 aliphatic rings. The van der Waals surface area contributed by atoms with Gasteiger partial charge in [-0.2, -0.15) is 0 Å². The van der Waals surface area contributed by atoms with Crippen molar-refractivity contribution < 1.29 is 8.42 Å². The first kappa shape index (κ1) is 21.9. The van der Waals surface area contributed by atoms with Crippen LogP contribution < -0.4 is 5.32 Å². The van der Waals surface area contributed by atoms with Gasteiger partial charge in [0.05, 0.1) is 10.5 Å². The summed E-state index contributed by atoms with van der Waals surface area (Å²) in [6.07, 6.45) is 0. The highest BCUT2D eigenvalue weighted by atomic mass is 127. The summed E-state index contributed by atoms with van der Waals surface area (Å²) in [6.45, 7) is 10.6. The van der Waals surface area contributed by atoms with Crippen LogP contribution in [0.15, 0.2) is 4.99 Å². The van der Waals surface area contributed by atoms with Crippen LogP contribution in [0.25, 0.3) is 0 Å². The fourth-order valence-corrected chi connectivity index (χ4v) is 3.62. The first-order chi connectivity index (χ1) is 9.60. The number of rotatable bonds is 4. The molecule has 1 fully saturated rings. The fraction of sp³-hybridized carbons (Fsp3) is 0.929. The smallest absolute Gasteiger partial charge is 0.193 e. The lowest BCUT2D eigenvalue weighted by Gasteiger charge is -2.39. The van der Waals surface area contributed by atoms with Crippen molar-refractivity contribution in [2.75, 3.05) is 46.0 Å². The van der Waals surface area contributed by atoms with Crippen molar-refractivity contribution in [3.63, 3.8) is 0 Å². The predicted molar refractivity (Wildman–Crippen MR) is 104 cm³/mol. The number of likely N-dealkylation sites (N-methyl/N-ethyl adjacent to an activating group) is 1. The highest BCUT2D eigenvalue weighted by Crippen LogP contribution is 2.23. The molecule has 0 bridgehead atoms. The second kappa shape index (κ2) is 8.68. The van der Waals surface area contributed by atoms with E-state index in [1.807, 2.05) is 4.90 Å². The van der Waals surface area contributed by atoms with E-state index in [1.54, 1.807) is 20.9 Å². The van der Waals surface area contributed by atoms with Gasteiger partial charge in [0.25, 0.3) is 0 Å². The number of hydrogen-bond donors (Lipinski definition) is 1. The number of sulfone groups is 1. The minimum absolute atomic E-state index is 0. The van der Waals surface area contributed by atoms with Gasteiger partial charge in [0.2, 0.25) is 0 Å². The van der Waals surface area contributed by atoms with Crippen LogP contribution in [0.1, 0.15) is 27.7 Å². The van der Waals surface area contributed by atoms with E-state index in [9.17, 15) is 8.42 Å². The third-order valence-corrected chi connectivity index (χ3v) is 6.72. The van der Waals surface area contributed by atoms with Crippen LogP contribution in [-0.4, -0.2) is 81.0 Å². The molecule has 0 spiro atoms. The molecule has 0 aromatic rings. The van der Waals surface area contributed by atoms with Crippen molar-refractivity contribution in [3.8, 4) is 0 Å². The molecular weight excluding hydrogens is 415 g/mol. The number of nitrogens with zero attached hydrogens (tertiary/aromatic N) is 3. The van der Waals surface area contributed by atoms with E-state index in [0.717, 1.165) is 19.0 Å². The Bertz CT molecular complexity index is 477. The maximum Gasteiger partial charge on any atom is 0.193 e. The predicted octanol–water partition coefficient (Wildman–Crippen LogP) is 1.03. The lowest BCUT2D eigenvalue weighted by molar-refractivity contribution is 0.275. The van der Waals surface area contributed by atoms with Crippen molar-refractivity contribution in [3.05, 3.63) is 0 Å². The molecule has 0 aliphatic carbocycles. The third kappa shape index (κ3) is 5.52. The molecule has 132 valence electrons. The van der Waals surface area contributed by atoms with E-state index >= 15 is 0 Å². The van der Waals surface area contributed by atoms with Crippen molar-refractivity contribution in [2.24, 2.45) is 4.99 Å². The SMILES string of the molecule is CN=C(NCCN(C)C(C)C)N1CCS(=O)(=O)C(C)(C)C1.I. The van der Waals surface area contributed by atoms with Gasteiger partial charge < -0.3 is 15.1 Å². The molecule has 1 heterocycles. The third-order valence-electron chi connectivity index (χ3n) is 4.18. The summed E-state index contributed by atoms with van der Waals surface area (Å²) >= 11 is 0. The highest BCUT2D eigenvalue weighted by molar-refractivity contribution is 14.0. The Morgan fingerprint density at radius 3 is 2.45 bits per heavy atom. The Hall–Kier alpha value is -0.0900. The Kier molecular flexibility index (Phi) is 8.64. The summed E-state index contributed by atoms with van der Waals surface area (Å²) in [6, 6.07) is 0.507. The molecule has 1 aliphatic heterocycles. The maximum atomic E-state index is 12.0.